The lowest BCUT2D eigenvalue weighted by Crippen LogP contribution is -2.20. The molecule has 0 saturated carbocycles. The summed E-state index contributed by atoms with van der Waals surface area (Å²) in [5.41, 5.74) is 2.98. The number of thiazole rings is 1. The molecule has 0 spiro atoms. The maximum atomic E-state index is 12.6. The number of hydrogen-bond acceptors (Lipinski definition) is 7. The highest BCUT2D eigenvalue weighted by atomic mass is 32.2. The van der Waals surface area contributed by atoms with E-state index in [2.05, 4.69) is 25.3 Å². The predicted molar refractivity (Wildman–Crippen MR) is 121 cm³/mol. The standard InChI is InChI=1S/C21H17N5O2S2/c1-29-12-18-24-16(9-19(27)26-18)20(28)23-15-6-2-4-13(8-15)17-11-30-21(25-17)14-5-3-7-22-10-14/h2-11H,12H2,1H3,(H,23,28)(H,24,26,27). The van der Waals surface area contributed by atoms with E-state index in [1.807, 2.05) is 42.0 Å². The van der Waals surface area contributed by atoms with Crippen molar-refractivity contribution in [1.29, 1.82) is 0 Å². The molecule has 0 saturated heterocycles. The minimum atomic E-state index is -0.435. The van der Waals surface area contributed by atoms with Crippen LogP contribution in [0.2, 0.25) is 0 Å². The first kappa shape index (κ1) is 20.0. The van der Waals surface area contributed by atoms with Crippen LogP contribution in [0.15, 0.2) is 65.0 Å². The van der Waals surface area contributed by atoms with Crippen LogP contribution < -0.4 is 10.9 Å². The van der Waals surface area contributed by atoms with Crippen LogP contribution >= 0.6 is 23.1 Å². The van der Waals surface area contributed by atoms with E-state index in [1.165, 1.54) is 29.2 Å². The second kappa shape index (κ2) is 9.02. The number of nitrogens with one attached hydrogen (secondary N) is 2. The molecule has 0 aliphatic heterocycles. The summed E-state index contributed by atoms with van der Waals surface area (Å²) in [5.74, 6) is 0.559. The number of hydrogen-bond donors (Lipinski definition) is 2. The van der Waals surface area contributed by atoms with Crippen molar-refractivity contribution >= 4 is 34.7 Å². The van der Waals surface area contributed by atoms with Gasteiger partial charge in [-0.15, -0.1) is 11.3 Å². The number of amides is 1. The van der Waals surface area contributed by atoms with Crippen molar-refractivity contribution in [2.45, 2.75) is 5.75 Å². The van der Waals surface area contributed by atoms with E-state index < -0.39 is 5.91 Å². The third-order valence-corrected chi connectivity index (χ3v) is 5.59. The number of carbonyl (C=O) groups excluding carboxylic acids is 1. The van der Waals surface area contributed by atoms with Gasteiger partial charge in [-0.25, -0.2) is 9.97 Å². The number of aromatic nitrogens is 4. The summed E-state index contributed by atoms with van der Waals surface area (Å²) in [4.78, 5) is 40.1. The van der Waals surface area contributed by atoms with Crippen LogP contribution in [0.5, 0.6) is 0 Å². The molecule has 2 N–H and O–H groups in total. The number of benzene rings is 1. The van der Waals surface area contributed by atoms with Crippen molar-refractivity contribution in [2.75, 3.05) is 11.6 Å². The Morgan fingerprint density at radius 3 is 2.83 bits per heavy atom. The molecule has 3 aromatic heterocycles. The summed E-state index contributed by atoms with van der Waals surface area (Å²) in [6.45, 7) is 0. The van der Waals surface area contributed by atoms with Crippen molar-refractivity contribution in [3.8, 4) is 21.8 Å². The average molecular weight is 436 g/mol. The molecule has 3 heterocycles. The number of anilines is 1. The number of carbonyl (C=O) groups is 1. The largest absolute Gasteiger partial charge is 0.321 e. The molecule has 1 amide bonds. The van der Waals surface area contributed by atoms with Crippen molar-refractivity contribution < 1.29 is 4.79 Å². The van der Waals surface area contributed by atoms with Gasteiger partial charge in [0.2, 0.25) is 0 Å². The Morgan fingerprint density at radius 2 is 2.03 bits per heavy atom. The van der Waals surface area contributed by atoms with Gasteiger partial charge in [0.15, 0.2) is 0 Å². The van der Waals surface area contributed by atoms with E-state index in [-0.39, 0.29) is 11.3 Å². The fraction of sp³-hybridized carbons (Fsp3) is 0.0952. The highest BCUT2D eigenvalue weighted by molar-refractivity contribution is 7.97. The van der Waals surface area contributed by atoms with Crippen molar-refractivity contribution in [1.82, 2.24) is 19.9 Å². The molecule has 0 bridgehead atoms. The van der Waals surface area contributed by atoms with Crippen LogP contribution in [0.25, 0.3) is 21.8 Å². The Morgan fingerprint density at radius 1 is 1.17 bits per heavy atom. The summed E-state index contributed by atoms with van der Waals surface area (Å²) in [7, 11) is 0. The topological polar surface area (TPSA) is 101 Å². The first-order chi connectivity index (χ1) is 14.6. The summed E-state index contributed by atoms with van der Waals surface area (Å²) in [6, 6.07) is 12.4. The number of thioether (sulfide) groups is 1. The second-order valence-electron chi connectivity index (χ2n) is 6.32. The third kappa shape index (κ3) is 4.64. The van der Waals surface area contributed by atoms with E-state index in [9.17, 15) is 9.59 Å². The third-order valence-electron chi connectivity index (χ3n) is 4.13. The summed E-state index contributed by atoms with van der Waals surface area (Å²) in [5, 5.41) is 5.65. The van der Waals surface area contributed by atoms with Crippen LogP contribution in [0.1, 0.15) is 16.3 Å². The average Bonchev–Trinajstić information content (AvgIpc) is 3.25. The van der Waals surface area contributed by atoms with Gasteiger partial charge in [0.25, 0.3) is 11.5 Å². The van der Waals surface area contributed by atoms with Crippen molar-refractivity contribution in [2.24, 2.45) is 0 Å². The second-order valence-corrected chi connectivity index (χ2v) is 8.05. The number of pyridine rings is 1. The van der Waals surface area contributed by atoms with Gasteiger partial charge in [-0.05, 0) is 30.5 Å². The van der Waals surface area contributed by atoms with E-state index in [4.69, 9.17) is 0 Å². The molecule has 30 heavy (non-hydrogen) atoms. The minimum Gasteiger partial charge on any atom is -0.321 e. The van der Waals surface area contributed by atoms with Crippen LogP contribution in [0, 0.1) is 0 Å². The molecule has 4 aromatic rings. The molecule has 0 unspecified atom stereocenters. The molecule has 150 valence electrons. The molecule has 4 rings (SSSR count). The van der Waals surface area contributed by atoms with Crippen LogP contribution in [0.3, 0.4) is 0 Å². The van der Waals surface area contributed by atoms with Gasteiger partial charge < -0.3 is 10.3 Å². The SMILES string of the molecule is CSCc1nc(C(=O)Nc2cccc(-c3csc(-c4cccnc4)n3)c2)cc(=O)[nH]1. The Hall–Kier alpha value is -3.30. The smallest absolute Gasteiger partial charge is 0.274 e. The Balaban J connectivity index is 1.55. The molecular formula is C21H17N5O2S2. The van der Waals surface area contributed by atoms with Gasteiger partial charge in [0.1, 0.15) is 16.5 Å². The van der Waals surface area contributed by atoms with Gasteiger partial charge in [0.05, 0.1) is 11.4 Å². The lowest BCUT2D eigenvalue weighted by molar-refractivity contribution is 0.102. The maximum absolute atomic E-state index is 12.6. The van der Waals surface area contributed by atoms with E-state index in [1.54, 1.807) is 18.5 Å². The number of rotatable bonds is 6. The molecular weight excluding hydrogens is 418 g/mol. The van der Waals surface area contributed by atoms with Gasteiger partial charge in [-0.1, -0.05) is 12.1 Å². The zero-order chi connectivity index (χ0) is 20.9. The van der Waals surface area contributed by atoms with Crippen LogP contribution in [-0.2, 0) is 5.75 Å². The number of nitrogens with zero attached hydrogens (tertiary/aromatic N) is 3. The van der Waals surface area contributed by atoms with E-state index >= 15 is 0 Å². The van der Waals surface area contributed by atoms with Crippen molar-refractivity contribution in [3.63, 3.8) is 0 Å². The molecule has 9 heteroatoms. The van der Waals surface area contributed by atoms with Gasteiger partial charge in [-0.2, -0.15) is 11.8 Å². The van der Waals surface area contributed by atoms with Crippen molar-refractivity contribution in [3.05, 3.63) is 82.1 Å². The monoisotopic (exact) mass is 435 g/mol. The Labute approximate surface area is 180 Å². The molecule has 0 aliphatic carbocycles. The maximum Gasteiger partial charge on any atom is 0.274 e. The van der Waals surface area contributed by atoms with E-state index in [0.29, 0.717) is 17.3 Å². The normalized spacial score (nSPS) is 10.7. The van der Waals surface area contributed by atoms with Gasteiger partial charge >= 0.3 is 0 Å². The van der Waals surface area contributed by atoms with Crippen LogP contribution in [0.4, 0.5) is 5.69 Å². The summed E-state index contributed by atoms with van der Waals surface area (Å²) in [6.07, 6.45) is 5.40. The number of aromatic amines is 1. The fourth-order valence-electron chi connectivity index (χ4n) is 2.81. The molecule has 0 radical (unpaired) electrons. The molecule has 0 atom stereocenters. The Kier molecular flexibility index (Phi) is 6.01. The van der Waals surface area contributed by atoms with E-state index in [0.717, 1.165) is 21.8 Å². The quantitative estimate of drug-likeness (QED) is 0.473. The zero-order valence-corrected chi connectivity index (χ0v) is 17.6. The molecule has 0 fully saturated rings. The first-order valence-corrected chi connectivity index (χ1v) is 11.3. The first-order valence-electron chi connectivity index (χ1n) is 8.99. The zero-order valence-electron chi connectivity index (χ0n) is 16.0. The summed E-state index contributed by atoms with van der Waals surface area (Å²) < 4.78 is 0. The van der Waals surface area contributed by atoms with Gasteiger partial charge in [0, 0.05) is 40.7 Å². The molecule has 7 nitrogen and oxygen atoms in total. The minimum absolute atomic E-state index is 0.0840. The Bertz CT molecular complexity index is 1240. The molecule has 0 aliphatic rings. The lowest BCUT2D eigenvalue weighted by atomic mass is 10.1. The summed E-state index contributed by atoms with van der Waals surface area (Å²) >= 11 is 3.05. The highest BCUT2D eigenvalue weighted by Gasteiger charge is 2.12. The number of H-pyrrole nitrogens is 1. The fourth-order valence-corrected chi connectivity index (χ4v) is 4.04. The highest BCUT2D eigenvalue weighted by Crippen LogP contribution is 2.29. The van der Waals surface area contributed by atoms with Gasteiger partial charge in [-0.3, -0.25) is 14.6 Å². The van der Waals surface area contributed by atoms with Crippen LogP contribution in [-0.4, -0.2) is 32.1 Å². The molecule has 1 aromatic carbocycles. The predicted octanol–water partition coefficient (Wildman–Crippen LogP) is 4.07. The lowest BCUT2D eigenvalue weighted by Gasteiger charge is -2.07.